The van der Waals surface area contributed by atoms with Gasteiger partial charge in [0.1, 0.15) is 0 Å². The SMILES string of the molecule is O=C(O)CCCCCNc1c(Br)cccc1Br. The van der Waals surface area contributed by atoms with E-state index in [1.165, 1.54) is 0 Å². The zero-order chi connectivity index (χ0) is 12.7. The molecule has 0 atom stereocenters. The number of benzene rings is 1. The molecule has 0 radical (unpaired) electrons. The summed E-state index contributed by atoms with van der Waals surface area (Å²) in [6, 6.07) is 5.93. The summed E-state index contributed by atoms with van der Waals surface area (Å²) in [5.74, 6) is -0.716. The third kappa shape index (κ3) is 5.55. The molecule has 3 nitrogen and oxygen atoms in total. The van der Waals surface area contributed by atoms with Gasteiger partial charge in [0.05, 0.1) is 5.69 Å². The van der Waals surface area contributed by atoms with Gasteiger partial charge in [0.2, 0.25) is 0 Å². The molecule has 0 amide bonds. The van der Waals surface area contributed by atoms with Crippen molar-refractivity contribution < 1.29 is 9.90 Å². The van der Waals surface area contributed by atoms with Crippen molar-refractivity contribution in [2.75, 3.05) is 11.9 Å². The van der Waals surface area contributed by atoms with Crippen molar-refractivity contribution in [2.45, 2.75) is 25.7 Å². The van der Waals surface area contributed by atoms with E-state index >= 15 is 0 Å². The molecule has 1 aromatic rings. The van der Waals surface area contributed by atoms with Gasteiger partial charge in [0.25, 0.3) is 0 Å². The highest BCUT2D eigenvalue weighted by Crippen LogP contribution is 2.30. The van der Waals surface area contributed by atoms with Crippen molar-refractivity contribution in [1.29, 1.82) is 0 Å². The lowest BCUT2D eigenvalue weighted by molar-refractivity contribution is -0.137. The number of anilines is 1. The summed E-state index contributed by atoms with van der Waals surface area (Å²) >= 11 is 6.96. The molecule has 0 aromatic heterocycles. The largest absolute Gasteiger partial charge is 0.481 e. The maximum Gasteiger partial charge on any atom is 0.303 e. The normalized spacial score (nSPS) is 10.2. The van der Waals surface area contributed by atoms with Gasteiger partial charge in [0, 0.05) is 21.9 Å². The van der Waals surface area contributed by atoms with Crippen molar-refractivity contribution >= 4 is 43.5 Å². The van der Waals surface area contributed by atoms with Gasteiger partial charge in [-0.1, -0.05) is 12.5 Å². The molecule has 94 valence electrons. The second-order valence-corrected chi connectivity index (χ2v) is 5.44. The van der Waals surface area contributed by atoms with E-state index in [1.807, 2.05) is 18.2 Å². The maximum absolute atomic E-state index is 10.3. The van der Waals surface area contributed by atoms with Crippen LogP contribution in [0.3, 0.4) is 0 Å². The Kier molecular flexibility index (Phi) is 6.58. The first-order valence-corrected chi connectivity index (χ1v) is 7.09. The number of nitrogens with one attached hydrogen (secondary N) is 1. The van der Waals surface area contributed by atoms with Gasteiger partial charge in [0.15, 0.2) is 0 Å². The Morgan fingerprint density at radius 3 is 2.41 bits per heavy atom. The minimum atomic E-state index is -0.716. The number of hydrogen-bond acceptors (Lipinski definition) is 2. The first-order chi connectivity index (χ1) is 8.11. The number of hydrogen-bond donors (Lipinski definition) is 2. The van der Waals surface area contributed by atoms with Crippen LogP contribution in [0.1, 0.15) is 25.7 Å². The number of unbranched alkanes of at least 4 members (excludes halogenated alkanes) is 2. The minimum Gasteiger partial charge on any atom is -0.481 e. The summed E-state index contributed by atoms with van der Waals surface area (Å²) in [6.07, 6.45) is 2.91. The second kappa shape index (κ2) is 7.71. The quantitative estimate of drug-likeness (QED) is 0.710. The van der Waals surface area contributed by atoms with Gasteiger partial charge in [-0.15, -0.1) is 0 Å². The average molecular weight is 365 g/mol. The van der Waals surface area contributed by atoms with Crippen LogP contribution in [0.2, 0.25) is 0 Å². The Hall–Kier alpha value is -0.550. The number of carbonyl (C=O) groups is 1. The van der Waals surface area contributed by atoms with E-state index in [2.05, 4.69) is 37.2 Å². The second-order valence-electron chi connectivity index (χ2n) is 3.73. The lowest BCUT2D eigenvalue weighted by Crippen LogP contribution is -2.03. The van der Waals surface area contributed by atoms with Crippen molar-refractivity contribution in [3.63, 3.8) is 0 Å². The Balaban J connectivity index is 2.24. The molecule has 0 aliphatic rings. The van der Waals surface area contributed by atoms with Gasteiger partial charge in [-0.25, -0.2) is 0 Å². The van der Waals surface area contributed by atoms with Crippen LogP contribution in [-0.4, -0.2) is 17.6 Å². The molecule has 5 heteroatoms. The lowest BCUT2D eigenvalue weighted by atomic mass is 10.2. The molecule has 17 heavy (non-hydrogen) atoms. The van der Waals surface area contributed by atoms with Gasteiger partial charge in [-0.3, -0.25) is 4.79 Å². The van der Waals surface area contributed by atoms with Gasteiger partial charge >= 0.3 is 5.97 Å². The molecule has 0 saturated heterocycles. The molecule has 0 heterocycles. The molecule has 1 aromatic carbocycles. The average Bonchev–Trinajstić information content (AvgIpc) is 2.26. The number of carboxylic acids is 1. The smallest absolute Gasteiger partial charge is 0.303 e. The first kappa shape index (κ1) is 14.5. The topological polar surface area (TPSA) is 49.3 Å². The third-order valence-electron chi connectivity index (χ3n) is 2.33. The Labute approximate surface area is 118 Å². The summed E-state index contributed by atoms with van der Waals surface area (Å²) in [5.41, 5.74) is 1.05. The van der Waals surface area contributed by atoms with Crippen LogP contribution in [0, 0.1) is 0 Å². The fourth-order valence-electron chi connectivity index (χ4n) is 1.46. The predicted octanol–water partition coefficient (Wildman–Crippen LogP) is 4.27. The Morgan fingerprint density at radius 2 is 1.82 bits per heavy atom. The van der Waals surface area contributed by atoms with Crippen LogP contribution < -0.4 is 5.32 Å². The third-order valence-corrected chi connectivity index (χ3v) is 3.65. The summed E-state index contributed by atoms with van der Waals surface area (Å²) in [7, 11) is 0. The monoisotopic (exact) mass is 363 g/mol. The summed E-state index contributed by atoms with van der Waals surface area (Å²) in [5, 5.41) is 11.8. The molecule has 2 N–H and O–H groups in total. The minimum absolute atomic E-state index is 0.263. The van der Waals surface area contributed by atoms with Crippen LogP contribution in [0.15, 0.2) is 27.1 Å². The highest BCUT2D eigenvalue weighted by molar-refractivity contribution is 9.11. The molecule has 0 spiro atoms. The number of carboxylic acid groups (broad SMARTS) is 1. The molecule has 0 bridgehead atoms. The molecule has 1 rings (SSSR count). The Morgan fingerprint density at radius 1 is 1.18 bits per heavy atom. The zero-order valence-corrected chi connectivity index (χ0v) is 12.6. The van der Waals surface area contributed by atoms with Crippen molar-refractivity contribution in [1.82, 2.24) is 0 Å². The number of rotatable bonds is 7. The van der Waals surface area contributed by atoms with Crippen LogP contribution in [0.4, 0.5) is 5.69 Å². The van der Waals surface area contributed by atoms with E-state index in [1.54, 1.807) is 0 Å². The van der Waals surface area contributed by atoms with Crippen molar-refractivity contribution in [3.8, 4) is 0 Å². The van der Waals surface area contributed by atoms with Gasteiger partial charge < -0.3 is 10.4 Å². The van der Waals surface area contributed by atoms with Crippen LogP contribution in [0.25, 0.3) is 0 Å². The number of halogens is 2. The van der Waals surface area contributed by atoms with Crippen LogP contribution in [-0.2, 0) is 4.79 Å². The predicted molar refractivity (Wildman–Crippen MR) is 76.4 cm³/mol. The zero-order valence-electron chi connectivity index (χ0n) is 9.38. The molecule has 0 fully saturated rings. The highest BCUT2D eigenvalue weighted by atomic mass is 79.9. The van der Waals surface area contributed by atoms with E-state index < -0.39 is 5.97 Å². The van der Waals surface area contributed by atoms with E-state index in [4.69, 9.17) is 5.11 Å². The number of aliphatic carboxylic acids is 1. The maximum atomic E-state index is 10.3. The van der Waals surface area contributed by atoms with Gasteiger partial charge in [-0.05, 0) is 56.8 Å². The summed E-state index contributed by atoms with van der Waals surface area (Å²) in [6.45, 7) is 0.848. The summed E-state index contributed by atoms with van der Waals surface area (Å²) in [4.78, 5) is 10.3. The Bertz CT molecular complexity index is 363. The van der Waals surface area contributed by atoms with Crippen molar-refractivity contribution in [2.24, 2.45) is 0 Å². The van der Waals surface area contributed by atoms with E-state index in [0.717, 1.165) is 40.4 Å². The first-order valence-electron chi connectivity index (χ1n) is 5.51. The molecule has 0 aliphatic carbocycles. The van der Waals surface area contributed by atoms with E-state index in [0.29, 0.717) is 0 Å². The lowest BCUT2D eigenvalue weighted by Gasteiger charge is -2.10. The standard InChI is InChI=1S/C12H15Br2NO2/c13-9-5-4-6-10(14)12(9)15-8-3-1-2-7-11(16)17/h4-6,15H,1-3,7-8H2,(H,16,17). The molecule has 0 unspecified atom stereocenters. The van der Waals surface area contributed by atoms with Crippen molar-refractivity contribution in [3.05, 3.63) is 27.1 Å². The number of para-hydroxylation sites is 1. The highest BCUT2D eigenvalue weighted by Gasteiger charge is 2.03. The van der Waals surface area contributed by atoms with E-state index in [-0.39, 0.29) is 6.42 Å². The fraction of sp³-hybridized carbons (Fsp3) is 0.417. The molecular weight excluding hydrogens is 350 g/mol. The molecule has 0 aliphatic heterocycles. The molecule has 0 saturated carbocycles. The van der Waals surface area contributed by atoms with E-state index in [9.17, 15) is 4.79 Å². The summed E-state index contributed by atoms with van der Waals surface area (Å²) < 4.78 is 2.05. The van der Waals surface area contributed by atoms with Gasteiger partial charge in [-0.2, -0.15) is 0 Å². The van der Waals surface area contributed by atoms with Crippen LogP contribution >= 0.6 is 31.9 Å². The van der Waals surface area contributed by atoms with Crippen LogP contribution in [0.5, 0.6) is 0 Å². The fourth-order valence-corrected chi connectivity index (χ4v) is 2.74. The molecular formula is C12H15Br2NO2.